The van der Waals surface area contributed by atoms with Gasteiger partial charge in [-0.25, -0.2) is 0 Å². The van der Waals surface area contributed by atoms with Gasteiger partial charge < -0.3 is 0 Å². The molecule has 0 heterocycles. The van der Waals surface area contributed by atoms with Crippen molar-refractivity contribution < 1.29 is 0 Å². The van der Waals surface area contributed by atoms with Crippen molar-refractivity contribution >= 4 is 0 Å². The zero-order chi connectivity index (χ0) is 9.94. The average Bonchev–Trinajstić information content (AvgIpc) is 2.11. The molecule has 0 radical (unpaired) electrons. The first-order valence-electron chi connectivity index (χ1n) is 5.26. The highest BCUT2D eigenvalue weighted by molar-refractivity contribution is 5.13. The summed E-state index contributed by atoms with van der Waals surface area (Å²) < 4.78 is 0. The lowest BCUT2D eigenvalue weighted by Gasteiger charge is -1.94. The molecule has 0 aromatic carbocycles. The van der Waals surface area contributed by atoms with E-state index < -0.39 is 0 Å². The van der Waals surface area contributed by atoms with Crippen LogP contribution in [0.25, 0.3) is 0 Å². The molecule has 0 saturated heterocycles. The molecule has 0 N–H and O–H groups in total. The van der Waals surface area contributed by atoms with Gasteiger partial charge in [0.25, 0.3) is 0 Å². The third kappa shape index (κ3) is 9.13. The van der Waals surface area contributed by atoms with Gasteiger partial charge in [0.2, 0.25) is 0 Å². The second-order valence-corrected chi connectivity index (χ2v) is 3.31. The van der Waals surface area contributed by atoms with Gasteiger partial charge in [-0.2, -0.15) is 0 Å². The molecule has 0 bridgehead atoms. The smallest absolute Gasteiger partial charge is 0.0250 e. The van der Waals surface area contributed by atoms with Crippen molar-refractivity contribution in [2.75, 3.05) is 0 Å². The number of hydrogen-bond donors (Lipinski definition) is 0. The zero-order valence-corrected chi connectivity index (χ0v) is 9.05. The van der Waals surface area contributed by atoms with Crippen LogP contribution in [0.3, 0.4) is 0 Å². The van der Waals surface area contributed by atoms with Crippen LogP contribution in [0.15, 0.2) is 36.5 Å². The SMILES string of the molecule is C=C(/C=C\C)CC/C=C\CCCC. The summed E-state index contributed by atoms with van der Waals surface area (Å²) in [5.41, 5.74) is 1.22. The second kappa shape index (κ2) is 9.31. The first-order valence-corrected chi connectivity index (χ1v) is 5.26. The molecule has 0 spiro atoms. The maximum absolute atomic E-state index is 3.96. The van der Waals surface area contributed by atoms with Crippen LogP contribution >= 0.6 is 0 Å². The summed E-state index contributed by atoms with van der Waals surface area (Å²) in [7, 11) is 0. The van der Waals surface area contributed by atoms with Crippen LogP contribution in [0, 0.1) is 0 Å². The minimum absolute atomic E-state index is 1.09. The molecule has 0 amide bonds. The molecular weight excluding hydrogens is 156 g/mol. The van der Waals surface area contributed by atoms with Gasteiger partial charge in [0.1, 0.15) is 0 Å². The maximum Gasteiger partial charge on any atom is -0.0250 e. The van der Waals surface area contributed by atoms with Crippen LogP contribution in [0.5, 0.6) is 0 Å². The van der Waals surface area contributed by atoms with Crippen molar-refractivity contribution in [3.8, 4) is 0 Å². The summed E-state index contributed by atoms with van der Waals surface area (Å²) in [5.74, 6) is 0. The number of rotatable bonds is 7. The van der Waals surface area contributed by atoms with Gasteiger partial charge in [0, 0.05) is 0 Å². The molecule has 0 nitrogen and oxygen atoms in total. The number of unbranched alkanes of at least 4 members (excludes halogenated alkanes) is 2. The fraction of sp³-hybridized carbons (Fsp3) is 0.538. The van der Waals surface area contributed by atoms with Gasteiger partial charge in [-0.05, 0) is 26.2 Å². The standard InChI is InChI=1S/C13H22/c1-4-6-7-8-9-10-12-13(3)11-5-2/h5,8-9,11H,3-4,6-7,10,12H2,1-2H3/b9-8-,11-5-. The van der Waals surface area contributed by atoms with E-state index in [9.17, 15) is 0 Å². The van der Waals surface area contributed by atoms with E-state index in [0.29, 0.717) is 0 Å². The summed E-state index contributed by atoms with van der Waals surface area (Å²) >= 11 is 0. The predicted molar refractivity (Wildman–Crippen MR) is 61.9 cm³/mol. The molecule has 0 aliphatic carbocycles. The summed E-state index contributed by atoms with van der Waals surface area (Å²) in [6.07, 6.45) is 14.7. The third-order valence-electron chi connectivity index (χ3n) is 1.93. The van der Waals surface area contributed by atoms with Gasteiger partial charge >= 0.3 is 0 Å². The van der Waals surface area contributed by atoms with Crippen molar-refractivity contribution in [3.05, 3.63) is 36.5 Å². The summed E-state index contributed by atoms with van der Waals surface area (Å²) in [6, 6.07) is 0. The molecular formula is C13H22. The highest BCUT2D eigenvalue weighted by Crippen LogP contribution is 2.05. The van der Waals surface area contributed by atoms with Gasteiger partial charge in [-0.1, -0.05) is 56.2 Å². The molecule has 0 saturated carbocycles. The van der Waals surface area contributed by atoms with Gasteiger partial charge in [-0.3, -0.25) is 0 Å². The lowest BCUT2D eigenvalue weighted by atomic mass is 10.1. The molecule has 0 fully saturated rings. The molecule has 0 rings (SSSR count). The van der Waals surface area contributed by atoms with E-state index in [1.165, 1.54) is 24.8 Å². The van der Waals surface area contributed by atoms with Crippen molar-refractivity contribution in [1.82, 2.24) is 0 Å². The lowest BCUT2D eigenvalue weighted by Crippen LogP contribution is -1.74. The molecule has 0 unspecified atom stereocenters. The molecule has 13 heavy (non-hydrogen) atoms. The van der Waals surface area contributed by atoms with E-state index in [0.717, 1.165) is 12.8 Å². The topological polar surface area (TPSA) is 0 Å². The Kier molecular flexibility index (Phi) is 8.75. The Bertz CT molecular complexity index is 172. The largest absolute Gasteiger partial charge is 0.0958 e. The van der Waals surface area contributed by atoms with E-state index in [1.807, 2.05) is 13.0 Å². The molecule has 0 aliphatic heterocycles. The van der Waals surface area contributed by atoms with Crippen LogP contribution in [-0.2, 0) is 0 Å². The van der Waals surface area contributed by atoms with E-state index in [4.69, 9.17) is 0 Å². The Balaban J connectivity index is 3.33. The van der Waals surface area contributed by atoms with Crippen molar-refractivity contribution in [3.63, 3.8) is 0 Å². The van der Waals surface area contributed by atoms with Crippen molar-refractivity contribution in [1.29, 1.82) is 0 Å². The van der Waals surface area contributed by atoms with Crippen LogP contribution in [-0.4, -0.2) is 0 Å². The van der Waals surface area contributed by atoms with E-state index in [2.05, 4.69) is 31.7 Å². The summed E-state index contributed by atoms with van der Waals surface area (Å²) in [4.78, 5) is 0. The van der Waals surface area contributed by atoms with Gasteiger partial charge in [0.15, 0.2) is 0 Å². The van der Waals surface area contributed by atoms with Crippen molar-refractivity contribution in [2.24, 2.45) is 0 Å². The van der Waals surface area contributed by atoms with Crippen LogP contribution in [0.1, 0.15) is 46.0 Å². The van der Waals surface area contributed by atoms with Gasteiger partial charge in [0.05, 0.1) is 0 Å². The third-order valence-corrected chi connectivity index (χ3v) is 1.93. The zero-order valence-electron chi connectivity index (χ0n) is 9.05. The Hall–Kier alpha value is -0.780. The van der Waals surface area contributed by atoms with Crippen molar-refractivity contribution in [2.45, 2.75) is 46.0 Å². The average molecular weight is 178 g/mol. The fourth-order valence-electron chi connectivity index (χ4n) is 1.15. The Morgan fingerprint density at radius 1 is 1.23 bits per heavy atom. The number of hydrogen-bond acceptors (Lipinski definition) is 0. The normalized spacial score (nSPS) is 11.5. The molecule has 0 aliphatic rings. The first-order chi connectivity index (χ1) is 6.31. The Labute approximate surface area is 83.0 Å². The lowest BCUT2D eigenvalue weighted by molar-refractivity contribution is 0.811. The Morgan fingerprint density at radius 3 is 2.54 bits per heavy atom. The predicted octanol–water partition coefficient (Wildman–Crippen LogP) is 4.65. The maximum atomic E-state index is 3.96. The van der Waals surface area contributed by atoms with Crippen LogP contribution in [0.2, 0.25) is 0 Å². The number of allylic oxidation sites excluding steroid dienone is 5. The van der Waals surface area contributed by atoms with E-state index >= 15 is 0 Å². The molecule has 0 atom stereocenters. The minimum Gasteiger partial charge on any atom is -0.0958 e. The van der Waals surface area contributed by atoms with Crippen LogP contribution < -0.4 is 0 Å². The fourth-order valence-corrected chi connectivity index (χ4v) is 1.15. The second-order valence-electron chi connectivity index (χ2n) is 3.31. The van der Waals surface area contributed by atoms with Crippen LogP contribution in [0.4, 0.5) is 0 Å². The summed E-state index contributed by atoms with van der Waals surface area (Å²) in [6.45, 7) is 8.21. The monoisotopic (exact) mass is 178 g/mol. The van der Waals surface area contributed by atoms with E-state index in [-0.39, 0.29) is 0 Å². The van der Waals surface area contributed by atoms with Gasteiger partial charge in [-0.15, -0.1) is 0 Å². The molecule has 0 heteroatoms. The highest BCUT2D eigenvalue weighted by Gasteiger charge is 1.85. The first kappa shape index (κ1) is 12.2. The molecule has 0 aromatic heterocycles. The quantitative estimate of drug-likeness (QED) is 0.302. The molecule has 0 aromatic rings. The molecule has 74 valence electrons. The van der Waals surface area contributed by atoms with E-state index in [1.54, 1.807) is 0 Å². The summed E-state index contributed by atoms with van der Waals surface area (Å²) in [5, 5.41) is 0. The minimum atomic E-state index is 1.09. The highest BCUT2D eigenvalue weighted by atomic mass is 13.9. The Morgan fingerprint density at radius 2 is 1.92 bits per heavy atom.